The van der Waals surface area contributed by atoms with Gasteiger partial charge in [-0.15, -0.1) is 0 Å². The van der Waals surface area contributed by atoms with Gasteiger partial charge in [-0.1, -0.05) is 0 Å². The molecule has 3 N–H and O–H groups in total. The highest BCUT2D eigenvalue weighted by Gasteiger charge is 2.44. The molecule has 0 bridgehead atoms. The third-order valence-corrected chi connectivity index (χ3v) is 6.39. The van der Waals surface area contributed by atoms with E-state index in [4.69, 9.17) is 5.73 Å². The van der Waals surface area contributed by atoms with E-state index in [1.54, 1.807) is 18.3 Å². The molecule has 0 unspecified atom stereocenters. The monoisotopic (exact) mass is 445 g/mol. The highest BCUT2D eigenvalue weighted by atomic mass is 19.4. The van der Waals surface area contributed by atoms with Gasteiger partial charge in [0.25, 0.3) is 0 Å². The molecule has 1 amide bonds. The predicted octanol–water partition coefficient (Wildman–Crippen LogP) is 3.41. The molecule has 0 aromatic carbocycles. The van der Waals surface area contributed by atoms with E-state index in [9.17, 15) is 26.7 Å². The van der Waals surface area contributed by atoms with Crippen LogP contribution in [0.25, 0.3) is 5.65 Å². The minimum Gasteiger partial charge on any atom is -0.355 e. The minimum atomic E-state index is -4.36. The quantitative estimate of drug-likeness (QED) is 0.707. The van der Waals surface area contributed by atoms with E-state index in [-0.39, 0.29) is 31.6 Å². The zero-order chi connectivity index (χ0) is 22.4. The summed E-state index contributed by atoms with van der Waals surface area (Å²) in [5.74, 6) is -5.54. The number of piperidine rings is 1. The number of nitrogens with two attached hydrogens (primary N) is 1. The molecule has 170 valence electrons. The van der Waals surface area contributed by atoms with Crippen LogP contribution in [0.4, 0.5) is 22.0 Å². The summed E-state index contributed by atoms with van der Waals surface area (Å²) in [7, 11) is 0. The molecule has 3 atom stereocenters. The van der Waals surface area contributed by atoms with Crippen molar-refractivity contribution in [3.05, 3.63) is 29.7 Å². The van der Waals surface area contributed by atoms with Crippen LogP contribution < -0.4 is 11.1 Å². The Kier molecular flexibility index (Phi) is 5.65. The summed E-state index contributed by atoms with van der Waals surface area (Å²) in [5.41, 5.74) is 7.77. The van der Waals surface area contributed by atoms with Crippen molar-refractivity contribution in [3.8, 4) is 0 Å². The van der Waals surface area contributed by atoms with Gasteiger partial charge in [0.2, 0.25) is 11.8 Å². The minimum absolute atomic E-state index is 0.0750. The predicted molar refractivity (Wildman–Crippen MR) is 101 cm³/mol. The van der Waals surface area contributed by atoms with Gasteiger partial charge in [-0.2, -0.15) is 18.3 Å². The van der Waals surface area contributed by atoms with Gasteiger partial charge in [0.15, 0.2) is 5.65 Å². The first-order chi connectivity index (χ1) is 14.5. The first-order valence-corrected chi connectivity index (χ1v) is 10.3. The van der Waals surface area contributed by atoms with Gasteiger partial charge in [-0.25, -0.2) is 18.3 Å². The van der Waals surface area contributed by atoms with Gasteiger partial charge in [0.1, 0.15) is 0 Å². The number of imidazole rings is 1. The van der Waals surface area contributed by atoms with Crippen molar-refractivity contribution in [1.82, 2.24) is 19.9 Å². The molecule has 4 rings (SSSR count). The molecule has 6 nitrogen and oxygen atoms in total. The summed E-state index contributed by atoms with van der Waals surface area (Å²) in [5, 5.41) is 6.71. The second kappa shape index (κ2) is 7.99. The molecule has 2 aromatic rings. The topological polar surface area (TPSA) is 85.3 Å². The summed E-state index contributed by atoms with van der Waals surface area (Å²) in [6.07, 6.45) is -2.69. The van der Waals surface area contributed by atoms with Crippen molar-refractivity contribution < 1.29 is 26.7 Å². The van der Waals surface area contributed by atoms with Crippen LogP contribution in [0, 0.1) is 17.8 Å². The molecule has 2 aromatic heterocycles. The van der Waals surface area contributed by atoms with E-state index in [2.05, 4.69) is 15.4 Å². The molecule has 0 radical (unpaired) electrons. The molecule has 1 aliphatic heterocycles. The molecule has 2 fully saturated rings. The lowest BCUT2D eigenvalue weighted by Crippen LogP contribution is -2.47. The Labute approximate surface area is 175 Å². The average Bonchev–Trinajstić information content (AvgIpc) is 3.11. The first kappa shape index (κ1) is 21.9. The molecule has 2 aliphatic rings. The van der Waals surface area contributed by atoms with Crippen LogP contribution >= 0.6 is 0 Å². The van der Waals surface area contributed by atoms with Crippen molar-refractivity contribution >= 4 is 11.6 Å². The van der Waals surface area contributed by atoms with Gasteiger partial charge in [-0.3, -0.25) is 4.79 Å². The maximum Gasteiger partial charge on any atom is 0.393 e. The molecule has 1 aliphatic carbocycles. The van der Waals surface area contributed by atoms with Crippen molar-refractivity contribution in [2.45, 2.75) is 56.7 Å². The largest absolute Gasteiger partial charge is 0.393 e. The zero-order valence-electron chi connectivity index (χ0n) is 16.7. The number of alkyl halides is 5. The van der Waals surface area contributed by atoms with Crippen molar-refractivity contribution in [2.24, 2.45) is 23.5 Å². The molecule has 3 heterocycles. The van der Waals surface area contributed by atoms with E-state index in [0.29, 0.717) is 29.9 Å². The maximum atomic E-state index is 13.4. The number of carbonyl (C=O) groups is 1. The van der Waals surface area contributed by atoms with Crippen LogP contribution in [0.2, 0.25) is 0 Å². The Hall–Kier alpha value is -2.30. The number of halogens is 5. The molecule has 0 spiro atoms. The fourth-order valence-electron chi connectivity index (χ4n) is 4.45. The fourth-order valence-corrected chi connectivity index (χ4v) is 4.45. The van der Waals surface area contributed by atoms with Gasteiger partial charge in [0.05, 0.1) is 29.5 Å². The van der Waals surface area contributed by atoms with E-state index >= 15 is 0 Å². The Morgan fingerprint density at radius 2 is 1.97 bits per heavy atom. The lowest BCUT2D eigenvalue weighted by Gasteiger charge is -2.31. The smallest absolute Gasteiger partial charge is 0.355 e. The second-order valence-corrected chi connectivity index (χ2v) is 8.63. The standard InChI is InChI=1S/C20H24F5N5O/c21-19(22)5-3-11(4-6-19)17(26)15-10-30-16(28-15)2-1-14(29-30)8-12-7-13(20(23,24)25)9-27-18(12)31/h1-2,10-13,17H,3-9,26H2,(H,27,31)/t12-,13-,17-/m0/s1. The summed E-state index contributed by atoms with van der Waals surface area (Å²) < 4.78 is 67.4. The number of carbonyl (C=O) groups excluding carboxylic acids is 1. The molecule has 1 saturated heterocycles. The van der Waals surface area contributed by atoms with Crippen molar-refractivity contribution in [1.29, 1.82) is 0 Å². The number of amides is 1. The number of nitrogens with zero attached hydrogens (tertiary/aromatic N) is 3. The maximum absolute atomic E-state index is 13.4. The summed E-state index contributed by atoms with van der Waals surface area (Å²) in [6, 6.07) is 2.79. The van der Waals surface area contributed by atoms with Crippen LogP contribution in [0.5, 0.6) is 0 Å². The van der Waals surface area contributed by atoms with Gasteiger partial charge >= 0.3 is 6.18 Å². The third-order valence-electron chi connectivity index (χ3n) is 6.39. The fraction of sp³-hybridized carbons (Fsp3) is 0.650. The van der Waals surface area contributed by atoms with Gasteiger partial charge in [0, 0.05) is 31.7 Å². The SMILES string of the molecule is N[C@H](c1cn2nc(C[C@@H]3C[C@H](C(F)(F)F)CNC3=O)ccc2n1)C1CCC(F)(F)CC1. The summed E-state index contributed by atoms with van der Waals surface area (Å²) >= 11 is 0. The highest BCUT2D eigenvalue weighted by molar-refractivity contribution is 5.79. The van der Waals surface area contributed by atoms with Crippen LogP contribution in [0.3, 0.4) is 0 Å². The van der Waals surface area contributed by atoms with Crippen LogP contribution in [-0.4, -0.2) is 39.1 Å². The third kappa shape index (κ3) is 4.81. The van der Waals surface area contributed by atoms with Gasteiger partial charge in [-0.05, 0) is 37.3 Å². The average molecular weight is 445 g/mol. The van der Waals surface area contributed by atoms with E-state index in [1.807, 2.05) is 0 Å². The van der Waals surface area contributed by atoms with E-state index < -0.39 is 42.4 Å². The summed E-state index contributed by atoms with van der Waals surface area (Å²) in [6.45, 7) is -0.402. The molecule has 1 saturated carbocycles. The number of hydrogen-bond donors (Lipinski definition) is 2. The lowest BCUT2D eigenvalue weighted by molar-refractivity contribution is -0.183. The number of aromatic nitrogens is 3. The lowest BCUT2D eigenvalue weighted by atomic mass is 9.81. The first-order valence-electron chi connectivity index (χ1n) is 10.3. The second-order valence-electron chi connectivity index (χ2n) is 8.63. The van der Waals surface area contributed by atoms with Crippen LogP contribution in [0.15, 0.2) is 18.3 Å². The summed E-state index contributed by atoms with van der Waals surface area (Å²) in [4.78, 5) is 16.5. The zero-order valence-corrected chi connectivity index (χ0v) is 16.7. The molecule has 11 heteroatoms. The van der Waals surface area contributed by atoms with Crippen LogP contribution in [-0.2, 0) is 11.2 Å². The van der Waals surface area contributed by atoms with Gasteiger partial charge < -0.3 is 11.1 Å². The highest BCUT2D eigenvalue weighted by Crippen LogP contribution is 2.40. The molecular formula is C20H24F5N5O. The Balaban J connectivity index is 1.47. The normalized spacial score (nSPS) is 26.1. The molecular weight excluding hydrogens is 421 g/mol. The molecule has 31 heavy (non-hydrogen) atoms. The van der Waals surface area contributed by atoms with E-state index in [1.165, 1.54) is 4.52 Å². The van der Waals surface area contributed by atoms with E-state index in [0.717, 1.165) is 0 Å². The number of fused-ring (bicyclic) bond motifs is 1. The van der Waals surface area contributed by atoms with Crippen molar-refractivity contribution in [3.63, 3.8) is 0 Å². The number of hydrogen-bond acceptors (Lipinski definition) is 4. The number of rotatable bonds is 4. The van der Waals surface area contributed by atoms with Crippen LogP contribution in [0.1, 0.15) is 49.5 Å². The Bertz CT molecular complexity index is 949. The number of nitrogens with one attached hydrogen (secondary N) is 1. The Morgan fingerprint density at radius 3 is 2.65 bits per heavy atom. The Morgan fingerprint density at radius 1 is 1.26 bits per heavy atom. The van der Waals surface area contributed by atoms with Crippen molar-refractivity contribution in [2.75, 3.05) is 6.54 Å².